The van der Waals surface area contributed by atoms with Crippen LogP contribution in [0.2, 0.25) is 5.15 Å². The van der Waals surface area contributed by atoms with Gasteiger partial charge >= 0.3 is 0 Å². The summed E-state index contributed by atoms with van der Waals surface area (Å²) in [5, 5.41) is 3.15. The number of aromatic nitrogens is 2. The van der Waals surface area contributed by atoms with Gasteiger partial charge in [-0.2, -0.15) is 8.75 Å². The third kappa shape index (κ3) is 2.00. The highest BCUT2D eigenvalue weighted by atomic mass is 35.5. The molecule has 0 unspecified atom stereocenters. The van der Waals surface area contributed by atoms with E-state index in [-0.39, 0.29) is 5.82 Å². The highest BCUT2D eigenvalue weighted by Crippen LogP contribution is 2.22. The minimum Gasteiger partial charge on any atom is -0.337 e. The van der Waals surface area contributed by atoms with Crippen molar-refractivity contribution in [1.82, 2.24) is 8.75 Å². The van der Waals surface area contributed by atoms with Gasteiger partial charge in [-0.05, 0) is 18.2 Å². The van der Waals surface area contributed by atoms with E-state index in [9.17, 15) is 4.39 Å². The highest BCUT2D eigenvalue weighted by molar-refractivity contribution is 6.99. The number of nitrogens with zero attached hydrogens (tertiary/aromatic N) is 2. The summed E-state index contributed by atoms with van der Waals surface area (Å²) in [6.45, 7) is 0. The lowest BCUT2D eigenvalue weighted by atomic mass is 10.3. The molecule has 0 aliphatic carbocycles. The number of benzene rings is 1. The Kier molecular flexibility index (Phi) is 2.60. The number of anilines is 2. The van der Waals surface area contributed by atoms with Gasteiger partial charge in [-0.3, -0.25) is 0 Å². The fraction of sp³-hybridized carbons (Fsp3) is 0. The lowest BCUT2D eigenvalue weighted by molar-refractivity contribution is 0.628. The molecule has 0 amide bonds. The van der Waals surface area contributed by atoms with Crippen LogP contribution in [0.4, 0.5) is 15.9 Å². The molecule has 0 aliphatic rings. The minimum absolute atomic E-state index is 0.291. The molecule has 0 bridgehead atoms. The molecule has 2 aromatic rings. The van der Waals surface area contributed by atoms with E-state index < -0.39 is 0 Å². The first-order chi connectivity index (χ1) is 6.75. The molecule has 1 N–H and O–H groups in total. The Morgan fingerprint density at radius 3 is 2.86 bits per heavy atom. The number of hydrogen-bond acceptors (Lipinski definition) is 4. The number of rotatable bonds is 2. The molecular formula is C8H5ClFN3S. The van der Waals surface area contributed by atoms with Crippen LogP contribution in [0, 0.1) is 5.82 Å². The average molecular weight is 230 g/mol. The summed E-state index contributed by atoms with van der Waals surface area (Å²) >= 11 is 6.71. The molecule has 0 aliphatic heterocycles. The summed E-state index contributed by atoms with van der Waals surface area (Å²) < 4.78 is 20.5. The lowest BCUT2D eigenvalue weighted by Gasteiger charge is -2.01. The van der Waals surface area contributed by atoms with E-state index in [4.69, 9.17) is 11.6 Å². The van der Waals surface area contributed by atoms with Crippen molar-refractivity contribution >= 4 is 34.8 Å². The van der Waals surface area contributed by atoms with Crippen molar-refractivity contribution < 1.29 is 4.39 Å². The molecule has 0 atom stereocenters. The van der Waals surface area contributed by atoms with Crippen molar-refractivity contribution in [1.29, 1.82) is 0 Å². The minimum atomic E-state index is -0.311. The van der Waals surface area contributed by atoms with Gasteiger partial charge in [0.2, 0.25) is 0 Å². The largest absolute Gasteiger partial charge is 0.337 e. The summed E-state index contributed by atoms with van der Waals surface area (Å²) in [6, 6.07) is 6.05. The van der Waals surface area contributed by atoms with E-state index in [1.807, 2.05) is 0 Å². The second-order valence-corrected chi connectivity index (χ2v) is 3.43. The molecule has 0 saturated heterocycles. The normalized spacial score (nSPS) is 10.1. The van der Waals surface area contributed by atoms with Crippen molar-refractivity contribution in [2.24, 2.45) is 0 Å². The maximum absolute atomic E-state index is 12.8. The third-order valence-corrected chi connectivity index (χ3v) is 2.43. The molecule has 1 aromatic heterocycles. The smallest absolute Gasteiger partial charge is 0.187 e. The van der Waals surface area contributed by atoms with Gasteiger partial charge in [0.05, 0.1) is 11.7 Å². The first-order valence-electron chi connectivity index (χ1n) is 3.76. The second-order valence-electron chi connectivity index (χ2n) is 2.54. The molecule has 2 rings (SSSR count). The van der Waals surface area contributed by atoms with Gasteiger partial charge in [-0.15, -0.1) is 0 Å². The predicted molar refractivity (Wildman–Crippen MR) is 54.6 cm³/mol. The van der Waals surface area contributed by atoms with Gasteiger partial charge in [0, 0.05) is 5.69 Å². The Morgan fingerprint density at radius 2 is 2.21 bits per heavy atom. The SMILES string of the molecule is Fc1cccc(Nc2nsnc2Cl)c1. The molecule has 6 heteroatoms. The highest BCUT2D eigenvalue weighted by Gasteiger charge is 2.04. The Hall–Kier alpha value is -1.20. The monoisotopic (exact) mass is 229 g/mol. The second kappa shape index (κ2) is 3.89. The van der Waals surface area contributed by atoms with E-state index in [0.717, 1.165) is 11.7 Å². The van der Waals surface area contributed by atoms with E-state index in [1.54, 1.807) is 12.1 Å². The average Bonchev–Trinajstić information content (AvgIpc) is 2.52. The molecule has 3 nitrogen and oxygen atoms in total. The maximum Gasteiger partial charge on any atom is 0.187 e. The van der Waals surface area contributed by atoms with Crippen molar-refractivity contribution in [3.63, 3.8) is 0 Å². The standard InChI is InChI=1S/C8H5ClFN3S/c9-7-8(13-14-12-7)11-6-3-1-2-5(10)4-6/h1-4H,(H,11,13). The summed E-state index contributed by atoms with van der Waals surface area (Å²) in [6.07, 6.45) is 0. The van der Waals surface area contributed by atoms with Crippen LogP contribution in [0.25, 0.3) is 0 Å². The van der Waals surface area contributed by atoms with Crippen LogP contribution in [-0.4, -0.2) is 8.75 Å². The predicted octanol–water partition coefficient (Wildman–Crippen LogP) is 3.07. The molecule has 0 saturated carbocycles. The van der Waals surface area contributed by atoms with Crippen molar-refractivity contribution in [2.45, 2.75) is 0 Å². The maximum atomic E-state index is 12.8. The molecule has 72 valence electrons. The number of hydrogen-bond donors (Lipinski definition) is 1. The molecule has 14 heavy (non-hydrogen) atoms. The molecule has 0 radical (unpaired) electrons. The zero-order valence-corrected chi connectivity index (χ0v) is 8.44. The summed E-state index contributed by atoms with van der Waals surface area (Å²) in [5.41, 5.74) is 0.597. The van der Waals surface area contributed by atoms with E-state index in [1.165, 1.54) is 12.1 Å². The summed E-state index contributed by atoms with van der Waals surface area (Å²) in [4.78, 5) is 0. The van der Waals surface area contributed by atoms with E-state index in [2.05, 4.69) is 14.1 Å². The van der Waals surface area contributed by atoms with Gasteiger partial charge in [-0.1, -0.05) is 17.7 Å². The van der Waals surface area contributed by atoms with Crippen LogP contribution < -0.4 is 5.32 Å². The molecule has 0 fully saturated rings. The van der Waals surface area contributed by atoms with Gasteiger partial charge in [0.15, 0.2) is 11.0 Å². The third-order valence-electron chi connectivity index (χ3n) is 1.54. The fourth-order valence-electron chi connectivity index (χ4n) is 0.955. The summed E-state index contributed by atoms with van der Waals surface area (Å²) in [7, 11) is 0. The zero-order chi connectivity index (χ0) is 9.97. The fourth-order valence-corrected chi connectivity index (χ4v) is 1.60. The van der Waals surface area contributed by atoms with Crippen LogP contribution in [-0.2, 0) is 0 Å². The molecular weight excluding hydrogens is 225 g/mol. The van der Waals surface area contributed by atoms with E-state index >= 15 is 0 Å². The van der Waals surface area contributed by atoms with Crippen LogP contribution in [0.3, 0.4) is 0 Å². The molecule has 1 aromatic carbocycles. The molecule has 1 heterocycles. The molecule has 0 spiro atoms. The lowest BCUT2D eigenvalue weighted by Crippen LogP contribution is -1.91. The first kappa shape index (κ1) is 9.36. The zero-order valence-electron chi connectivity index (χ0n) is 6.87. The van der Waals surface area contributed by atoms with E-state index in [0.29, 0.717) is 16.7 Å². The van der Waals surface area contributed by atoms with Crippen LogP contribution in [0.15, 0.2) is 24.3 Å². The van der Waals surface area contributed by atoms with Gasteiger partial charge in [0.1, 0.15) is 5.82 Å². The topological polar surface area (TPSA) is 37.8 Å². The Morgan fingerprint density at radius 1 is 1.36 bits per heavy atom. The van der Waals surface area contributed by atoms with Crippen molar-refractivity contribution in [3.8, 4) is 0 Å². The van der Waals surface area contributed by atoms with Crippen molar-refractivity contribution in [2.75, 3.05) is 5.32 Å². The van der Waals surface area contributed by atoms with Crippen LogP contribution >= 0.6 is 23.3 Å². The quantitative estimate of drug-likeness (QED) is 0.860. The van der Waals surface area contributed by atoms with Gasteiger partial charge in [0.25, 0.3) is 0 Å². The number of halogens is 2. The first-order valence-corrected chi connectivity index (χ1v) is 4.87. The van der Waals surface area contributed by atoms with Crippen LogP contribution in [0.1, 0.15) is 0 Å². The van der Waals surface area contributed by atoms with Gasteiger partial charge < -0.3 is 5.32 Å². The Balaban J connectivity index is 2.23. The van der Waals surface area contributed by atoms with Crippen molar-refractivity contribution in [3.05, 3.63) is 35.2 Å². The Bertz CT molecular complexity index is 446. The number of nitrogens with one attached hydrogen (secondary N) is 1. The van der Waals surface area contributed by atoms with Crippen LogP contribution in [0.5, 0.6) is 0 Å². The van der Waals surface area contributed by atoms with Gasteiger partial charge in [-0.25, -0.2) is 4.39 Å². The Labute approximate surface area is 88.9 Å². The summed E-state index contributed by atoms with van der Waals surface area (Å²) in [5.74, 6) is 0.136.